The molecule has 0 unspecified atom stereocenters. The molecule has 41 heavy (non-hydrogen) atoms. The Morgan fingerprint density at radius 3 is 2.66 bits per heavy atom. The average Bonchev–Trinajstić information content (AvgIpc) is 3.55. The number of esters is 1. The number of fused-ring (bicyclic) bond motifs is 2. The Morgan fingerprint density at radius 2 is 1.90 bits per heavy atom. The normalized spacial score (nSPS) is 13.3. The van der Waals surface area contributed by atoms with E-state index >= 15 is 0 Å². The molecule has 0 bridgehead atoms. The van der Waals surface area contributed by atoms with Gasteiger partial charge in [0.05, 0.1) is 16.8 Å². The molecule has 0 N–H and O–H groups in total. The van der Waals surface area contributed by atoms with E-state index in [2.05, 4.69) is 51.5 Å². The first-order valence-corrected chi connectivity index (χ1v) is 19.7. The minimum atomic E-state index is -1.28. The van der Waals surface area contributed by atoms with Gasteiger partial charge in [-0.3, -0.25) is 9.69 Å². The van der Waals surface area contributed by atoms with E-state index in [1.54, 1.807) is 11.8 Å². The summed E-state index contributed by atoms with van der Waals surface area (Å²) in [7, 11) is -1.28. The van der Waals surface area contributed by atoms with Crippen LogP contribution in [0.3, 0.4) is 0 Å². The van der Waals surface area contributed by atoms with E-state index in [0.29, 0.717) is 32.8 Å². The number of thiazole rings is 2. The Morgan fingerprint density at radius 1 is 1.10 bits per heavy atom. The Bertz CT molecular complexity index is 1530. The second-order valence-electron chi connectivity index (χ2n) is 11.0. The molecule has 12 heteroatoms. The third-order valence-electron chi connectivity index (χ3n) is 6.79. The third kappa shape index (κ3) is 6.89. The van der Waals surface area contributed by atoms with Gasteiger partial charge in [-0.1, -0.05) is 66.6 Å². The summed E-state index contributed by atoms with van der Waals surface area (Å²) in [6.45, 7) is 11.0. The van der Waals surface area contributed by atoms with Gasteiger partial charge >= 0.3 is 5.97 Å². The molecule has 1 amide bonds. The lowest BCUT2D eigenvalue weighted by Crippen LogP contribution is -2.37. The van der Waals surface area contributed by atoms with Crippen molar-refractivity contribution in [2.45, 2.75) is 45.6 Å². The van der Waals surface area contributed by atoms with Gasteiger partial charge in [-0.2, -0.15) is 0 Å². The fourth-order valence-electron chi connectivity index (χ4n) is 4.55. The maximum atomic E-state index is 14.3. The van der Waals surface area contributed by atoms with E-state index in [9.17, 15) is 9.59 Å². The van der Waals surface area contributed by atoms with Crippen LogP contribution in [-0.4, -0.2) is 56.4 Å². The van der Waals surface area contributed by atoms with Crippen molar-refractivity contribution in [3.8, 4) is 0 Å². The zero-order valence-electron chi connectivity index (χ0n) is 23.6. The van der Waals surface area contributed by atoms with Gasteiger partial charge in [0.2, 0.25) is 0 Å². The van der Waals surface area contributed by atoms with Crippen LogP contribution >= 0.6 is 38.6 Å². The number of nitrogens with zero attached hydrogens (tertiary/aromatic N) is 4. The lowest BCUT2D eigenvalue weighted by Gasteiger charge is -2.31. The zero-order chi connectivity index (χ0) is 29.1. The number of ether oxygens (including phenoxy) is 2. The van der Waals surface area contributed by atoms with Gasteiger partial charge in [0.1, 0.15) is 10.5 Å². The fraction of sp³-hybridized carbons (Fsp3) is 0.379. The molecule has 2 aromatic heterocycles. The number of halogens is 1. The van der Waals surface area contributed by atoms with E-state index in [-0.39, 0.29) is 24.9 Å². The summed E-state index contributed by atoms with van der Waals surface area (Å²) in [6, 6.07) is 14.8. The molecule has 1 aliphatic rings. The number of hydrogen-bond acceptors (Lipinski definition) is 9. The largest absolute Gasteiger partial charge is 0.461 e. The molecular formula is C29H33BrN4O4S2Si. The van der Waals surface area contributed by atoms with Crippen molar-refractivity contribution in [2.24, 2.45) is 0 Å². The monoisotopic (exact) mass is 672 g/mol. The summed E-state index contributed by atoms with van der Waals surface area (Å²) in [5.74, 6) is -0.584. The summed E-state index contributed by atoms with van der Waals surface area (Å²) in [4.78, 5) is 39.8. The third-order valence-corrected chi connectivity index (χ3v) is 11.3. The Labute approximate surface area is 257 Å². The molecule has 1 aliphatic heterocycles. The van der Waals surface area contributed by atoms with Gasteiger partial charge in [-0.05, 0) is 64.6 Å². The number of aromatic nitrogens is 2. The number of carbonyl (C=O) groups excluding carboxylic acids is 2. The molecule has 0 atom stereocenters. The van der Waals surface area contributed by atoms with Crippen LogP contribution in [0.5, 0.6) is 0 Å². The standard InChI is InChI=1S/C29H33BrN4O4S2Si/c1-5-38-27(36)24-25(30)40-28(32-24)33-14-13-19-9-8-10-20(21(19)17-33)26(35)34(18-37-15-16-41(2,3)4)29-31-22-11-6-7-12-23(22)39-29/h6-12H,5,13-18H2,1-4H3. The molecule has 0 radical (unpaired) electrons. The zero-order valence-corrected chi connectivity index (χ0v) is 27.8. The van der Waals surface area contributed by atoms with E-state index < -0.39 is 14.0 Å². The van der Waals surface area contributed by atoms with Crippen LogP contribution in [0, 0.1) is 0 Å². The van der Waals surface area contributed by atoms with Crippen LogP contribution in [0.1, 0.15) is 38.9 Å². The minimum Gasteiger partial charge on any atom is -0.461 e. The SMILES string of the molecule is CCOC(=O)c1nc(N2CCc3cccc(C(=O)N(COCC[Si](C)(C)C)c4nc5ccccc5s4)c3C2)sc1Br. The summed E-state index contributed by atoms with van der Waals surface area (Å²) < 4.78 is 12.9. The Hall–Kier alpha value is -2.64. The smallest absolute Gasteiger partial charge is 0.359 e. The number of carbonyl (C=O) groups is 2. The lowest BCUT2D eigenvalue weighted by atomic mass is 9.94. The number of hydrogen-bond donors (Lipinski definition) is 0. The van der Waals surface area contributed by atoms with Crippen molar-refractivity contribution in [2.75, 3.05) is 36.3 Å². The quantitative estimate of drug-likeness (QED) is 0.0761. The highest BCUT2D eigenvalue weighted by atomic mass is 79.9. The van der Waals surface area contributed by atoms with E-state index in [1.807, 2.05) is 36.4 Å². The fourth-order valence-corrected chi connectivity index (χ4v) is 7.75. The van der Waals surface area contributed by atoms with Crippen LogP contribution in [0.2, 0.25) is 25.7 Å². The summed E-state index contributed by atoms with van der Waals surface area (Å²) >= 11 is 6.36. The number of benzene rings is 2. The molecule has 8 nitrogen and oxygen atoms in total. The molecule has 216 valence electrons. The van der Waals surface area contributed by atoms with Crippen molar-refractivity contribution in [1.82, 2.24) is 9.97 Å². The van der Waals surface area contributed by atoms with Crippen molar-refractivity contribution in [3.63, 3.8) is 0 Å². The molecule has 0 saturated heterocycles. The van der Waals surface area contributed by atoms with E-state index in [4.69, 9.17) is 14.5 Å². The molecule has 0 spiro atoms. The first-order chi connectivity index (χ1) is 19.6. The van der Waals surface area contributed by atoms with Crippen LogP contribution < -0.4 is 9.80 Å². The van der Waals surface area contributed by atoms with Crippen molar-refractivity contribution < 1.29 is 19.1 Å². The molecule has 3 heterocycles. The maximum Gasteiger partial charge on any atom is 0.359 e. The molecule has 2 aromatic carbocycles. The highest BCUT2D eigenvalue weighted by molar-refractivity contribution is 9.11. The van der Waals surface area contributed by atoms with Gasteiger partial charge in [0.25, 0.3) is 5.91 Å². The second-order valence-corrected chi connectivity index (χ2v) is 19.9. The maximum absolute atomic E-state index is 14.3. The van der Waals surface area contributed by atoms with Gasteiger partial charge in [-0.25, -0.2) is 14.8 Å². The predicted octanol–water partition coefficient (Wildman–Crippen LogP) is 7.21. The summed E-state index contributed by atoms with van der Waals surface area (Å²) in [6.07, 6.45) is 0.760. The topological polar surface area (TPSA) is 84.9 Å². The van der Waals surface area contributed by atoms with Gasteiger partial charge in [-0.15, -0.1) is 0 Å². The van der Waals surface area contributed by atoms with E-state index in [0.717, 1.165) is 40.4 Å². The highest BCUT2D eigenvalue weighted by Crippen LogP contribution is 2.36. The lowest BCUT2D eigenvalue weighted by molar-refractivity contribution is 0.0519. The first kappa shape index (κ1) is 29.8. The van der Waals surface area contributed by atoms with Crippen LogP contribution in [0.25, 0.3) is 10.2 Å². The molecule has 5 rings (SSSR count). The van der Waals surface area contributed by atoms with E-state index in [1.165, 1.54) is 22.7 Å². The van der Waals surface area contributed by atoms with Gasteiger partial charge < -0.3 is 14.4 Å². The molecule has 0 fully saturated rings. The molecular weight excluding hydrogens is 640 g/mol. The van der Waals surface area contributed by atoms with Gasteiger partial charge in [0, 0.05) is 33.3 Å². The molecule has 4 aromatic rings. The predicted molar refractivity (Wildman–Crippen MR) is 172 cm³/mol. The molecule has 0 saturated carbocycles. The Kier molecular flexibility index (Phi) is 9.24. The number of anilines is 2. The van der Waals surface area contributed by atoms with Crippen molar-refractivity contribution >= 4 is 79.0 Å². The number of rotatable bonds is 10. The Balaban J connectivity index is 1.44. The van der Waals surface area contributed by atoms with Crippen LogP contribution in [-0.2, 0) is 22.4 Å². The summed E-state index contributed by atoms with van der Waals surface area (Å²) in [5.41, 5.74) is 3.86. The van der Waals surface area contributed by atoms with Crippen LogP contribution in [0.4, 0.5) is 10.3 Å². The number of amides is 1. The van der Waals surface area contributed by atoms with Crippen molar-refractivity contribution in [1.29, 1.82) is 0 Å². The van der Waals surface area contributed by atoms with Gasteiger partial charge in [0.15, 0.2) is 16.0 Å². The average molecular weight is 674 g/mol. The first-order valence-electron chi connectivity index (χ1n) is 13.6. The molecule has 0 aliphatic carbocycles. The highest BCUT2D eigenvalue weighted by Gasteiger charge is 2.29. The van der Waals surface area contributed by atoms with Crippen LogP contribution in [0.15, 0.2) is 46.3 Å². The van der Waals surface area contributed by atoms with Crippen molar-refractivity contribution in [3.05, 3.63) is 68.6 Å². The second kappa shape index (κ2) is 12.7. The minimum absolute atomic E-state index is 0.136. The number of para-hydroxylation sites is 1. The summed E-state index contributed by atoms with van der Waals surface area (Å²) in [5, 5.41) is 1.34.